The molecule has 0 aliphatic rings. The number of hydrogen-bond donors (Lipinski definition) is 2. The molecule has 0 unspecified atom stereocenters. The Labute approximate surface area is 114 Å². The van der Waals surface area contributed by atoms with E-state index in [9.17, 15) is 9.90 Å². The Morgan fingerprint density at radius 3 is 2.53 bits per heavy atom. The Kier molecular flexibility index (Phi) is 5.60. The fourth-order valence-electron chi connectivity index (χ4n) is 2.14. The van der Waals surface area contributed by atoms with E-state index in [1.807, 2.05) is 6.92 Å². The molecule has 1 aromatic rings. The van der Waals surface area contributed by atoms with Gasteiger partial charge in [-0.2, -0.15) is 0 Å². The van der Waals surface area contributed by atoms with Crippen LogP contribution in [0, 0.1) is 5.92 Å². The molecule has 0 aliphatic heterocycles. The van der Waals surface area contributed by atoms with Crippen LogP contribution in [0.2, 0.25) is 0 Å². The number of carboxylic acid groups (broad SMARTS) is 1. The van der Waals surface area contributed by atoms with Crippen molar-refractivity contribution in [1.82, 2.24) is 4.98 Å². The maximum absolute atomic E-state index is 11.3. The van der Waals surface area contributed by atoms with Crippen molar-refractivity contribution in [2.24, 2.45) is 5.92 Å². The van der Waals surface area contributed by atoms with Crippen LogP contribution in [0.5, 0.6) is 0 Å². The van der Waals surface area contributed by atoms with Gasteiger partial charge in [0.1, 0.15) is 5.82 Å². The van der Waals surface area contributed by atoms with Crippen LogP contribution in [0.1, 0.15) is 44.0 Å². The first-order valence-electron chi connectivity index (χ1n) is 6.77. The molecule has 5 nitrogen and oxygen atoms in total. The lowest BCUT2D eigenvalue weighted by Gasteiger charge is -2.28. The van der Waals surface area contributed by atoms with E-state index in [0.717, 1.165) is 25.9 Å². The molecule has 1 heterocycles. The first-order valence-corrected chi connectivity index (χ1v) is 6.77. The van der Waals surface area contributed by atoms with Crippen molar-refractivity contribution in [2.75, 3.05) is 23.7 Å². The number of anilines is 2. The smallest absolute Gasteiger partial charge is 0.338 e. The van der Waals surface area contributed by atoms with Gasteiger partial charge in [-0.3, -0.25) is 0 Å². The summed E-state index contributed by atoms with van der Waals surface area (Å²) in [6, 6.07) is 1.42. The number of pyridine rings is 1. The highest BCUT2D eigenvalue weighted by molar-refractivity contribution is 5.95. The molecule has 1 rings (SSSR count). The summed E-state index contributed by atoms with van der Waals surface area (Å²) in [5, 5.41) is 9.27. The number of carboxylic acids is 1. The lowest BCUT2D eigenvalue weighted by Crippen LogP contribution is -2.30. The second-order valence-electron chi connectivity index (χ2n) is 4.65. The van der Waals surface area contributed by atoms with Gasteiger partial charge in [-0.05, 0) is 18.9 Å². The van der Waals surface area contributed by atoms with Crippen LogP contribution >= 0.6 is 0 Å². The molecule has 0 saturated carbocycles. The molecule has 0 bridgehead atoms. The molecular formula is C14H23N3O2. The number of aromatic carboxylic acids is 1. The Balaban J connectivity index is 3.07. The predicted octanol–water partition coefficient (Wildman–Crippen LogP) is 2.62. The van der Waals surface area contributed by atoms with Crippen molar-refractivity contribution < 1.29 is 9.90 Å². The monoisotopic (exact) mass is 265 g/mol. The molecule has 5 heteroatoms. The fraction of sp³-hybridized carbons (Fsp3) is 0.571. The van der Waals surface area contributed by atoms with Crippen LogP contribution < -0.4 is 10.6 Å². The van der Waals surface area contributed by atoms with E-state index in [0.29, 0.717) is 11.6 Å². The zero-order chi connectivity index (χ0) is 14.4. The van der Waals surface area contributed by atoms with Crippen molar-refractivity contribution in [2.45, 2.75) is 33.6 Å². The van der Waals surface area contributed by atoms with Gasteiger partial charge in [0, 0.05) is 13.1 Å². The molecule has 0 aromatic carbocycles. The highest BCUT2D eigenvalue weighted by atomic mass is 16.4. The Morgan fingerprint density at radius 2 is 2.05 bits per heavy atom. The third-order valence-corrected chi connectivity index (χ3v) is 3.49. The predicted molar refractivity (Wildman–Crippen MR) is 77.6 cm³/mol. The minimum absolute atomic E-state index is 0.223. The molecule has 0 radical (unpaired) electrons. The van der Waals surface area contributed by atoms with Gasteiger partial charge in [-0.1, -0.05) is 26.7 Å². The van der Waals surface area contributed by atoms with E-state index < -0.39 is 5.97 Å². The van der Waals surface area contributed by atoms with E-state index in [4.69, 9.17) is 5.73 Å². The van der Waals surface area contributed by atoms with Gasteiger partial charge < -0.3 is 15.7 Å². The zero-order valence-corrected chi connectivity index (χ0v) is 11.9. The van der Waals surface area contributed by atoms with Gasteiger partial charge in [0.25, 0.3) is 0 Å². The first-order chi connectivity index (χ1) is 9.03. The molecule has 3 N–H and O–H groups in total. The standard InChI is InChI=1S/C14H23N3O2/c1-4-10(5-2)9-17(6-3)12-8-16-13(15)7-11(12)14(18)19/h7-8,10H,4-6,9H2,1-3H3,(H2,15,16)(H,18,19). The summed E-state index contributed by atoms with van der Waals surface area (Å²) in [5.74, 6) is -0.175. The van der Waals surface area contributed by atoms with Crippen LogP contribution in [0.15, 0.2) is 12.3 Å². The van der Waals surface area contributed by atoms with Crippen molar-refractivity contribution >= 4 is 17.5 Å². The molecule has 1 aromatic heterocycles. The minimum atomic E-state index is -0.966. The first kappa shape index (κ1) is 15.3. The summed E-state index contributed by atoms with van der Waals surface area (Å²) < 4.78 is 0. The third-order valence-electron chi connectivity index (χ3n) is 3.49. The van der Waals surface area contributed by atoms with Gasteiger partial charge in [-0.15, -0.1) is 0 Å². The molecule has 0 aliphatic carbocycles. The fourth-order valence-corrected chi connectivity index (χ4v) is 2.14. The van der Waals surface area contributed by atoms with Crippen molar-refractivity contribution in [3.05, 3.63) is 17.8 Å². The number of nitrogens with two attached hydrogens (primary N) is 1. The van der Waals surface area contributed by atoms with Gasteiger partial charge in [-0.25, -0.2) is 9.78 Å². The number of nitrogen functional groups attached to an aromatic ring is 1. The van der Waals surface area contributed by atoms with E-state index in [1.54, 1.807) is 6.20 Å². The van der Waals surface area contributed by atoms with E-state index in [1.165, 1.54) is 6.07 Å². The summed E-state index contributed by atoms with van der Waals surface area (Å²) in [6.45, 7) is 7.92. The summed E-state index contributed by atoms with van der Waals surface area (Å²) in [7, 11) is 0. The van der Waals surface area contributed by atoms with Crippen LogP contribution in [0.25, 0.3) is 0 Å². The lowest BCUT2D eigenvalue weighted by atomic mass is 10.0. The van der Waals surface area contributed by atoms with Gasteiger partial charge in [0.2, 0.25) is 0 Å². The molecule has 0 amide bonds. The van der Waals surface area contributed by atoms with Crippen molar-refractivity contribution in [3.63, 3.8) is 0 Å². The summed E-state index contributed by atoms with van der Waals surface area (Å²) in [6.07, 6.45) is 3.72. The molecule has 19 heavy (non-hydrogen) atoms. The van der Waals surface area contributed by atoms with E-state index in [2.05, 4.69) is 23.7 Å². The van der Waals surface area contributed by atoms with Gasteiger partial charge >= 0.3 is 5.97 Å². The highest BCUT2D eigenvalue weighted by Gasteiger charge is 2.18. The van der Waals surface area contributed by atoms with Crippen LogP contribution in [-0.4, -0.2) is 29.1 Å². The molecule has 0 spiro atoms. The average molecular weight is 265 g/mol. The number of rotatable bonds is 7. The van der Waals surface area contributed by atoms with Crippen LogP contribution in [0.4, 0.5) is 11.5 Å². The Bertz CT molecular complexity index is 431. The third kappa shape index (κ3) is 3.84. The van der Waals surface area contributed by atoms with Crippen LogP contribution in [0.3, 0.4) is 0 Å². The Morgan fingerprint density at radius 1 is 1.42 bits per heavy atom. The second-order valence-corrected chi connectivity index (χ2v) is 4.65. The van der Waals surface area contributed by atoms with E-state index >= 15 is 0 Å². The van der Waals surface area contributed by atoms with Crippen molar-refractivity contribution in [1.29, 1.82) is 0 Å². The van der Waals surface area contributed by atoms with Crippen molar-refractivity contribution in [3.8, 4) is 0 Å². The molecular weight excluding hydrogens is 242 g/mol. The molecule has 0 atom stereocenters. The SMILES string of the molecule is CCC(CC)CN(CC)c1cnc(N)cc1C(=O)O. The number of carbonyl (C=O) groups is 1. The normalized spacial score (nSPS) is 10.7. The largest absolute Gasteiger partial charge is 0.478 e. The summed E-state index contributed by atoms with van der Waals surface area (Å²) in [5.41, 5.74) is 6.44. The van der Waals surface area contributed by atoms with E-state index in [-0.39, 0.29) is 11.4 Å². The maximum Gasteiger partial charge on any atom is 0.338 e. The number of aromatic nitrogens is 1. The molecule has 0 saturated heterocycles. The Hall–Kier alpha value is -1.78. The summed E-state index contributed by atoms with van der Waals surface area (Å²) >= 11 is 0. The topological polar surface area (TPSA) is 79.5 Å². The van der Waals surface area contributed by atoms with Crippen LogP contribution in [-0.2, 0) is 0 Å². The molecule has 0 fully saturated rings. The van der Waals surface area contributed by atoms with Gasteiger partial charge in [0.05, 0.1) is 17.4 Å². The lowest BCUT2D eigenvalue weighted by molar-refractivity contribution is 0.0697. The summed E-state index contributed by atoms with van der Waals surface area (Å²) in [4.78, 5) is 17.4. The molecule has 106 valence electrons. The maximum atomic E-state index is 11.3. The quantitative estimate of drug-likeness (QED) is 0.792. The number of hydrogen-bond acceptors (Lipinski definition) is 4. The minimum Gasteiger partial charge on any atom is -0.478 e. The zero-order valence-electron chi connectivity index (χ0n) is 11.9. The van der Waals surface area contributed by atoms with Gasteiger partial charge in [0.15, 0.2) is 0 Å². The second kappa shape index (κ2) is 6.97. The average Bonchev–Trinajstić information content (AvgIpc) is 2.40. The highest BCUT2D eigenvalue weighted by Crippen LogP contribution is 2.23. The number of nitrogens with zero attached hydrogens (tertiary/aromatic N) is 2.